The van der Waals surface area contributed by atoms with Crippen LogP contribution in [0.25, 0.3) is 0 Å². The summed E-state index contributed by atoms with van der Waals surface area (Å²) in [5.41, 5.74) is 0. The van der Waals surface area contributed by atoms with Crippen LogP contribution in [0.4, 0.5) is 0 Å². The van der Waals surface area contributed by atoms with E-state index in [1.165, 1.54) is 26.2 Å². The molecule has 0 aliphatic carbocycles. The summed E-state index contributed by atoms with van der Waals surface area (Å²) in [6.07, 6.45) is 6.01. The van der Waals surface area contributed by atoms with Crippen LogP contribution in [0, 0.1) is 0 Å². The van der Waals surface area contributed by atoms with Crippen molar-refractivity contribution >= 4 is 37.1 Å². The summed E-state index contributed by atoms with van der Waals surface area (Å²) in [5.74, 6) is -0.565. The van der Waals surface area contributed by atoms with Gasteiger partial charge in [0.25, 0.3) is 0 Å². The summed E-state index contributed by atoms with van der Waals surface area (Å²) < 4.78 is 9.54. The Kier molecular flexibility index (Phi) is 27.9. The molecule has 7 nitrogen and oxygen atoms in total. The Morgan fingerprint density at radius 1 is 0.944 bits per heavy atom. The van der Waals surface area contributed by atoms with Crippen LogP contribution in [0.2, 0.25) is 0 Å². The molecule has 0 amide bonds. The van der Waals surface area contributed by atoms with E-state index in [9.17, 15) is 9.59 Å². The standard InChI is InChI=1S/C8H16O2.C2H4O2.3H2O.Pb/c1-2-3-4-5-6-7-8(9)10;1-2(3)4;;;;/h2-7H2,1H3,(H,9,10);1H3,(H,3,4);3*1H2;/q;;;;;+2/p-2. The molecule has 0 fully saturated rings. The van der Waals surface area contributed by atoms with Crippen molar-refractivity contribution in [2.75, 3.05) is 0 Å². The summed E-state index contributed by atoms with van der Waals surface area (Å²) in [5, 5.41) is 0. The molecule has 0 aliphatic rings. The first kappa shape index (κ1) is 26.3. The van der Waals surface area contributed by atoms with Crippen LogP contribution in [0.3, 0.4) is 0 Å². The summed E-state index contributed by atoms with van der Waals surface area (Å²) >= 11 is -1.89. The minimum atomic E-state index is -1.89. The van der Waals surface area contributed by atoms with Crippen molar-refractivity contribution in [2.45, 2.75) is 52.4 Å². The molecule has 2 radical (unpaired) electrons. The minimum Gasteiger partial charge on any atom is -0.412 e. The second-order valence-corrected chi connectivity index (χ2v) is 5.55. The minimum absolute atomic E-state index is 0. The third-order valence-electron chi connectivity index (χ3n) is 1.83. The van der Waals surface area contributed by atoms with E-state index in [2.05, 4.69) is 9.61 Å². The van der Waals surface area contributed by atoms with Gasteiger partial charge in [0.15, 0.2) is 0 Å². The van der Waals surface area contributed by atoms with Crippen LogP contribution in [-0.4, -0.2) is 53.5 Å². The fraction of sp³-hybridized carbons (Fsp3) is 0.800. The van der Waals surface area contributed by atoms with E-state index >= 15 is 0 Å². The van der Waals surface area contributed by atoms with E-state index in [0.717, 1.165) is 12.8 Å². The molecule has 8 heteroatoms. The third-order valence-corrected chi connectivity index (χ3v) is 4.48. The number of hydrogen-bond acceptors (Lipinski definition) is 4. The van der Waals surface area contributed by atoms with Gasteiger partial charge in [0.1, 0.15) is 0 Å². The maximum Gasteiger partial charge on any atom is -0.412 e. The summed E-state index contributed by atoms with van der Waals surface area (Å²) in [6.45, 7) is 3.48. The van der Waals surface area contributed by atoms with E-state index in [1.54, 1.807) is 0 Å². The molecule has 0 saturated heterocycles. The van der Waals surface area contributed by atoms with Gasteiger partial charge in [0.05, 0.1) is 0 Å². The fourth-order valence-electron chi connectivity index (χ4n) is 1.05. The molecule has 110 valence electrons. The topological polar surface area (TPSA) is 147 Å². The molecular weight excluding hydrogens is 439 g/mol. The van der Waals surface area contributed by atoms with Crippen molar-refractivity contribution in [3.05, 3.63) is 0 Å². The number of unbranched alkanes of at least 4 members (excludes halogenated alkanes) is 4. The first-order valence-electron chi connectivity index (χ1n) is 5.29. The first-order valence-corrected chi connectivity index (χ1v) is 8.46. The van der Waals surface area contributed by atoms with Gasteiger partial charge in [-0.05, 0) is 0 Å². The quantitative estimate of drug-likeness (QED) is 0.353. The van der Waals surface area contributed by atoms with Gasteiger partial charge in [-0.1, -0.05) is 0 Å². The van der Waals surface area contributed by atoms with E-state index in [1.807, 2.05) is 0 Å². The SMILES string of the molecule is CCCCCCCC(=O)[O][Pb][O]C(C)=O.O.O.O. The van der Waals surface area contributed by atoms with Crippen molar-refractivity contribution in [2.24, 2.45) is 0 Å². The summed E-state index contributed by atoms with van der Waals surface area (Å²) in [6, 6.07) is 0. The second-order valence-electron chi connectivity index (χ2n) is 3.32. The van der Waals surface area contributed by atoms with Gasteiger partial charge in [0.2, 0.25) is 0 Å². The van der Waals surface area contributed by atoms with Crippen molar-refractivity contribution in [3.8, 4) is 0 Å². The third kappa shape index (κ3) is 21.1. The maximum absolute atomic E-state index is 11.1. The molecule has 0 aromatic carbocycles. The predicted octanol–water partition coefficient (Wildman–Crippen LogP) is -0.487. The van der Waals surface area contributed by atoms with Gasteiger partial charge >= 0.3 is 104 Å². The molecule has 0 aliphatic heterocycles. The van der Waals surface area contributed by atoms with E-state index in [-0.39, 0.29) is 28.4 Å². The van der Waals surface area contributed by atoms with Crippen LogP contribution in [0.15, 0.2) is 0 Å². The Hall–Kier alpha value is -0.258. The molecule has 18 heavy (non-hydrogen) atoms. The molecule has 0 rings (SSSR count). The molecule has 0 bridgehead atoms. The monoisotopic (exact) mass is 464 g/mol. The fourth-order valence-corrected chi connectivity index (χ4v) is 2.43. The Balaban J connectivity index is -0.000000327. The van der Waals surface area contributed by atoms with E-state index < -0.39 is 25.1 Å². The number of carbonyl (C=O) groups excluding carboxylic acids is 2. The zero-order chi connectivity index (χ0) is 11.5. The predicted molar refractivity (Wildman–Crippen MR) is 67.8 cm³/mol. The smallest absolute Gasteiger partial charge is 0.412 e. The van der Waals surface area contributed by atoms with Gasteiger partial charge in [0, 0.05) is 0 Å². The Bertz CT molecular complexity index is 199. The van der Waals surface area contributed by atoms with Crippen LogP contribution in [-0.2, 0) is 15.0 Å². The van der Waals surface area contributed by atoms with Crippen LogP contribution in [0.1, 0.15) is 52.4 Å². The summed E-state index contributed by atoms with van der Waals surface area (Å²) in [7, 11) is 0. The molecule has 0 unspecified atom stereocenters. The van der Waals surface area contributed by atoms with Crippen molar-refractivity contribution < 1.29 is 31.4 Å². The van der Waals surface area contributed by atoms with Crippen LogP contribution in [0.5, 0.6) is 0 Å². The van der Waals surface area contributed by atoms with Gasteiger partial charge in [-0.3, -0.25) is 0 Å². The van der Waals surface area contributed by atoms with Crippen LogP contribution >= 0.6 is 0 Å². The molecule has 0 atom stereocenters. The summed E-state index contributed by atoms with van der Waals surface area (Å²) in [4.78, 5) is 21.5. The molecule has 0 saturated carbocycles. The molecule has 0 aromatic heterocycles. The van der Waals surface area contributed by atoms with Crippen molar-refractivity contribution in [1.82, 2.24) is 0 Å². The van der Waals surface area contributed by atoms with Gasteiger partial charge in [-0.15, -0.1) is 0 Å². The number of rotatable bonds is 8. The molecule has 0 spiro atoms. The first-order chi connectivity index (χ1) is 7.16. The number of carbonyl (C=O) groups is 2. The van der Waals surface area contributed by atoms with Gasteiger partial charge in [-0.2, -0.15) is 0 Å². The van der Waals surface area contributed by atoms with Gasteiger partial charge in [-0.25, -0.2) is 0 Å². The number of hydrogen-bond donors (Lipinski definition) is 0. The Morgan fingerprint density at radius 2 is 1.50 bits per heavy atom. The van der Waals surface area contributed by atoms with E-state index in [0.29, 0.717) is 6.42 Å². The van der Waals surface area contributed by atoms with Crippen LogP contribution < -0.4 is 0 Å². The average molecular weight is 463 g/mol. The largest absolute Gasteiger partial charge is 0.412 e. The zero-order valence-electron chi connectivity index (χ0n) is 10.9. The Labute approximate surface area is 121 Å². The zero-order valence-corrected chi connectivity index (χ0v) is 14.8. The van der Waals surface area contributed by atoms with Crippen molar-refractivity contribution in [3.63, 3.8) is 0 Å². The normalized spacial score (nSPS) is 8.11. The second kappa shape index (κ2) is 19.1. The molecule has 0 heterocycles. The maximum atomic E-state index is 11.1. The average Bonchev–Trinajstić information content (AvgIpc) is 2.17. The molecular formula is C10H24O7Pb. The molecule has 0 aromatic rings. The Morgan fingerprint density at radius 3 is 2.00 bits per heavy atom. The van der Waals surface area contributed by atoms with Gasteiger partial charge < -0.3 is 16.4 Å². The molecule has 6 N–H and O–H groups in total. The van der Waals surface area contributed by atoms with Crippen molar-refractivity contribution in [1.29, 1.82) is 0 Å². The van der Waals surface area contributed by atoms with E-state index in [4.69, 9.17) is 2.69 Å².